The summed E-state index contributed by atoms with van der Waals surface area (Å²) in [7, 11) is 2.13. The third-order valence-corrected chi connectivity index (χ3v) is 6.89. The van der Waals surface area contributed by atoms with Crippen molar-refractivity contribution in [1.29, 1.82) is 5.26 Å². The molecule has 0 aliphatic carbocycles. The number of nitrogens with zero attached hydrogens (tertiary/aromatic N) is 8. The number of hydrogen-bond donors (Lipinski definition) is 0. The maximum Gasteiger partial charge on any atom is 0.155 e. The summed E-state index contributed by atoms with van der Waals surface area (Å²) in [5.41, 5.74) is 3.57. The normalized spacial score (nSPS) is 15.3. The van der Waals surface area contributed by atoms with Crippen molar-refractivity contribution in [1.82, 2.24) is 34.5 Å². The van der Waals surface area contributed by atoms with Gasteiger partial charge in [-0.3, -0.25) is 0 Å². The molecule has 4 aromatic rings. The summed E-state index contributed by atoms with van der Waals surface area (Å²) in [5.74, 6) is -0.413. The van der Waals surface area contributed by atoms with Gasteiger partial charge in [-0.25, -0.2) is 18.6 Å². The number of rotatable bonds is 4. The molecule has 0 bridgehead atoms. The van der Waals surface area contributed by atoms with Gasteiger partial charge in [0, 0.05) is 22.9 Å². The molecule has 0 unspecified atom stereocenters. The standard InChI is InChI=1S/C22H21FN8S/c1-14-20(27-28-31(14)17-5-8-29(2)9-6-17)15-10-19(32-22-18(23)4-3-7-25-22)21-16(11-24)12-26-30(21)13-15/h3-4,7,10,12-13,17H,5-6,8-9H2,1-2H3. The van der Waals surface area contributed by atoms with Crippen LogP contribution in [0.25, 0.3) is 16.8 Å². The first-order valence-electron chi connectivity index (χ1n) is 10.4. The SMILES string of the molecule is Cc1c(-c2cc(Sc3ncccc3F)c3c(C#N)cnn3c2)nnn1C1CCN(C)CC1. The molecule has 4 aromatic heterocycles. The molecule has 32 heavy (non-hydrogen) atoms. The molecular weight excluding hydrogens is 427 g/mol. The third-order valence-electron chi connectivity index (χ3n) is 5.86. The Kier molecular flexibility index (Phi) is 5.36. The minimum absolute atomic E-state index is 0.239. The van der Waals surface area contributed by atoms with E-state index in [9.17, 15) is 9.65 Å². The first-order chi connectivity index (χ1) is 15.5. The quantitative estimate of drug-likeness (QED) is 0.470. The van der Waals surface area contributed by atoms with Crippen LogP contribution in [0.5, 0.6) is 0 Å². The number of fused-ring (bicyclic) bond motifs is 1. The van der Waals surface area contributed by atoms with E-state index in [1.165, 1.54) is 24.0 Å². The van der Waals surface area contributed by atoms with E-state index in [4.69, 9.17) is 0 Å². The largest absolute Gasteiger partial charge is 0.306 e. The Hall–Kier alpha value is -3.29. The number of pyridine rings is 2. The van der Waals surface area contributed by atoms with Crippen molar-refractivity contribution >= 4 is 17.3 Å². The average Bonchev–Trinajstić information content (AvgIpc) is 3.39. The lowest BCUT2D eigenvalue weighted by atomic mass is 10.1. The van der Waals surface area contributed by atoms with E-state index in [2.05, 4.69) is 38.4 Å². The molecule has 162 valence electrons. The Morgan fingerprint density at radius 3 is 2.84 bits per heavy atom. The van der Waals surface area contributed by atoms with E-state index < -0.39 is 5.82 Å². The van der Waals surface area contributed by atoms with Crippen molar-refractivity contribution in [3.8, 4) is 17.3 Å². The minimum Gasteiger partial charge on any atom is -0.306 e. The molecule has 10 heteroatoms. The summed E-state index contributed by atoms with van der Waals surface area (Å²) in [6, 6.07) is 7.32. The predicted octanol–water partition coefficient (Wildman–Crippen LogP) is 3.72. The van der Waals surface area contributed by atoms with E-state index in [-0.39, 0.29) is 5.03 Å². The van der Waals surface area contributed by atoms with Crippen LogP contribution in [0.1, 0.15) is 30.1 Å². The molecule has 0 aromatic carbocycles. The van der Waals surface area contributed by atoms with Crippen LogP contribution in [0.15, 0.2) is 46.7 Å². The van der Waals surface area contributed by atoms with Crippen LogP contribution in [0.2, 0.25) is 0 Å². The van der Waals surface area contributed by atoms with Crippen molar-refractivity contribution in [3.05, 3.63) is 53.9 Å². The van der Waals surface area contributed by atoms with Gasteiger partial charge >= 0.3 is 0 Å². The zero-order chi connectivity index (χ0) is 22.2. The number of piperidine rings is 1. The minimum atomic E-state index is -0.413. The van der Waals surface area contributed by atoms with Gasteiger partial charge in [0.15, 0.2) is 5.82 Å². The highest BCUT2D eigenvalue weighted by Gasteiger charge is 2.24. The Bertz CT molecular complexity index is 1330. The fraction of sp³-hybridized carbons (Fsp3) is 0.318. The molecule has 0 spiro atoms. The van der Waals surface area contributed by atoms with Gasteiger partial charge in [0.05, 0.1) is 29.0 Å². The van der Waals surface area contributed by atoms with Crippen LogP contribution in [-0.2, 0) is 0 Å². The van der Waals surface area contributed by atoms with E-state index in [1.807, 2.05) is 23.9 Å². The summed E-state index contributed by atoms with van der Waals surface area (Å²) in [6.07, 6.45) is 6.96. The predicted molar refractivity (Wildman–Crippen MR) is 118 cm³/mol. The first kappa shape index (κ1) is 20.6. The Morgan fingerprint density at radius 1 is 1.28 bits per heavy atom. The zero-order valence-electron chi connectivity index (χ0n) is 17.7. The van der Waals surface area contributed by atoms with Gasteiger partial charge in [0.2, 0.25) is 0 Å². The summed E-state index contributed by atoms with van der Waals surface area (Å²) < 4.78 is 18.0. The molecule has 1 fully saturated rings. The Labute approximate surface area is 188 Å². The molecule has 0 radical (unpaired) electrons. The second-order valence-electron chi connectivity index (χ2n) is 7.95. The number of likely N-dealkylation sites (tertiary alicyclic amines) is 1. The number of aromatic nitrogens is 6. The summed E-state index contributed by atoms with van der Waals surface area (Å²) in [5, 5.41) is 23.0. The molecule has 1 saturated heterocycles. The Morgan fingerprint density at radius 2 is 2.09 bits per heavy atom. The monoisotopic (exact) mass is 448 g/mol. The maximum absolute atomic E-state index is 14.3. The van der Waals surface area contributed by atoms with Gasteiger partial charge in [0.1, 0.15) is 16.8 Å². The highest BCUT2D eigenvalue weighted by atomic mass is 32.2. The van der Waals surface area contributed by atoms with E-state index in [0.29, 0.717) is 22.0 Å². The van der Waals surface area contributed by atoms with Crippen LogP contribution in [-0.4, -0.2) is 54.6 Å². The molecule has 1 aliphatic heterocycles. The molecule has 0 atom stereocenters. The van der Waals surface area contributed by atoms with Crippen LogP contribution >= 0.6 is 11.8 Å². The smallest absolute Gasteiger partial charge is 0.155 e. The van der Waals surface area contributed by atoms with Gasteiger partial charge in [-0.2, -0.15) is 10.4 Å². The van der Waals surface area contributed by atoms with Gasteiger partial charge in [0.25, 0.3) is 0 Å². The van der Waals surface area contributed by atoms with Crippen LogP contribution < -0.4 is 0 Å². The molecule has 5 heterocycles. The van der Waals surface area contributed by atoms with Crippen molar-refractivity contribution in [3.63, 3.8) is 0 Å². The van der Waals surface area contributed by atoms with Crippen LogP contribution in [0, 0.1) is 24.1 Å². The van der Waals surface area contributed by atoms with Crippen LogP contribution in [0.3, 0.4) is 0 Å². The van der Waals surface area contributed by atoms with E-state index in [1.54, 1.807) is 16.8 Å². The van der Waals surface area contributed by atoms with E-state index in [0.717, 1.165) is 42.9 Å². The fourth-order valence-corrected chi connectivity index (χ4v) is 5.09. The molecule has 0 N–H and O–H groups in total. The lowest BCUT2D eigenvalue weighted by Gasteiger charge is -2.29. The highest BCUT2D eigenvalue weighted by Crippen LogP contribution is 2.36. The van der Waals surface area contributed by atoms with Gasteiger partial charge in [-0.05, 0) is 58.1 Å². The number of hydrogen-bond acceptors (Lipinski definition) is 7. The topological polar surface area (TPSA) is 87.9 Å². The summed E-state index contributed by atoms with van der Waals surface area (Å²) >= 11 is 1.17. The maximum atomic E-state index is 14.3. The average molecular weight is 449 g/mol. The number of nitriles is 1. The molecule has 8 nitrogen and oxygen atoms in total. The van der Waals surface area contributed by atoms with Gasteiger partial charge in [-0.15, -0.1) is 5.10 Å². The molecular formula is C22H21FN8S. The molecule has 5 rings (SSSR count). The summed E-state index contributed by atoms with van der Waals surface area (Å²) in [6.45, 7) is 4.09. The van der Waals surface area contributed by atoms with Crippen molar-refractivity contribution in [2.24, 2.45) is 0 Å². The van der Waals surface area contributed by atoms with Gasteiger partial charge < -0.3 is 4.90 Å². The van der Waals surface area contributed by atoms with E-state index >= 15 is 0 Å². The van der Waals surface area contributed by atoms with Crippen molar-refractivity contribution < 1.29 is 4.39 Å². The second kappa shape index (κ2) is 8.33. The zero-order valence-corrected chi connectivity index (χ0v) is 18.6. The second-order valence-corrected chi connectivity index (χ2v) is 8.98. The lowest BCUT2D eigenvalue weighted by molar-refractivity contribution is 0.209. The fourth-order valence-electron chi connectivity index (χ4n) is 4.12. The van der Waals surface area contributed by atoms with Crippen molar-refractivity contribution in [2.45, 2.75) is 35.7 Å². The Balaban J connectivity index is 1.59. The molecule has 0 amide bonds. The number of halogens is 1. The highest BCUT2D eigenvalue weighted by molar-refractivity contribution is 7.99. The third kappa shape index (κ3) is 3.63. The first-order valence-corrected chi connectivity index (χ1v) is 11.2. The lowest BCUT2D eigenvalue weighted by Crippen LogP contribution is -2.32. The van der Waals surface area contributed by atoms with Gasteiger partial charge in [-0.1, -0.05) is 17.0 Å². The molecule has 1 aliphatic rings. The molecule has 0 saturated carbocycles. The van der Waals surface area contributed by atoms with Crippen LogP contribution in [0.4, 0.5) is 4.39 Å². The van der Waals surface area contributed by atoms with Crippen molar-refractivity contribution in [2.75, 3.05) is 20.1 Å². The summed E-state index contributed by atoms with van der Waals surface area (Å²) in [4.78, 5) is 7.16.